The number of nitrogens with one attached hydrogen (secondary N) is 3. The molecule has 4 aromatic rings. The van der Waals surface area contributed by atoms with Gasteiger partial charge in [0.25, 0.3) is 10.0 Å². The molecule has 5 rings (SSSR count). The first-order chi connectivity index (χ1) is 18.2. The van der Waals surface area contributed by atoms with Crippen molar-refractivity contribution in [2.24, 2.45) is 0 Å². The first-order valence-corrected chi connectivity index (χ1v) is 14.8. The number of nitrogens with zero attached hydrogens (tertiary/aromatic N) is 2. The van der Waals surface area contributed by atoms with Gasteiger partial charge in [0.15, 0.2) is 5.82 Å². The highest BCUT2D eigenvalue weighted by atomic mass is 35.5. The molecule has 1 atom stereocenters. The second-order valence-electron chi connectivity index (χ2n) is 9.39. The summed E-state index contributed by atoms with van der Waals surface area (Å²) in [7, 11) is -2.37. The lowest BCUT2D eigenvalue weighted by Crippen LogP contribution is -2.50. The van der Waals surface area contributed by atoms with Crippen molar-refractivity contribution in [1.82, 2.24) is 20.4 Å². The van der Waals surface area contributed by atoms with Gasteiger partial charge < -0.3 is 15.4 Å². The van der Waals surface area contributed by atoms with Crippen molar-refractivity contribution in [3.8, 4) is 5.75 Å². The van der Waals surface area contributed by atoms with E-state index in [4.69, 9.17) is 16.3 Å². The van der Waals surface area contributed by atoms with Crippen molar-refractivity contribution >= 4 is 55.6 Å². The standard InChI is InChI=1S/C26H28ClN5O4S2/c1-26(12-5-13-29-26)25(33)28-15-17-6-3-7-18(14-17)16-32-19-8-4-9-20(36-2)23(19)24(30-32)31-38(34,35)22-11-10-21(27)37-22/h3-4,6-11,14,29H,5,12-13,15-16H2,1-2H3,(H,28,33)(H,30,31)/t26-/m1/s1. The van der Waals surface area contributed by atoms with Crippen molar-refractivity contribution in [1.29, 1.82) is 0 Å². The summed E-state index contributed by atoms with van der Waals surface area (Å²) < 4.78 is 36.4. The molecule has 2 aromatic heterocycles. The zero-order chi connectivity index (χ0) is 26.9. The summed E-state index contributed by atoms with van der Waals surface area (Å²) in [5.74, 6) is 0.665. The van der Waals surface area contributed by atoms with Crippen LogP contribution in [0.5, 0.6) is 5.75 Å². The molecular formula is C26H28ClN5O4S2. The van der Waals surface area contributed by atoms with Crippen LogP contribution >= 0.6 is 22.9 Å². The molecule has 3 N–H and O–H groups in total. The molecular weight excluding hydrogens is 546 g/mol. The van der Waals surface area contributed by atoms with Gasteiger partial charge in [-0.2, -0.15) is 5.10 Å². The Kier molecular flexibility index (Phi) is 7.36. The average molecular weight is 574 g/mol. The second-order valence-corrected chi connectivity index (χ2v) is 13.0. The summed E-state index contributed by atoms with van der Waals surface area (Å²) >= 11 is 6.93. The first kappa shape index (κ1) is 26.5. The molecule has 0 bridgehead atoms. The maximum absolute atomic E-state index is 13.0. The van der Waals surface area contributed by atoms with E-state index >= 15 is 0 Å². The molecule has 0 unspecified atom stereocenters. The summed E-state index contributed by atoms with van der Waals surface area (Å²) in [6.07, 6.45) is 1.81. The summed E-state index contributed by atoms with van der Waals surface area (Å²) in [6, 6.07) is 16.3. The SMILES string of the molecule is COc1cccc2c1c(NS(=O)(=O)c1ccc(Cl)s1)nn2Cc1cccc(CNC(=O)[C@@]2(C)CCCN2)c1. The van der Waals surface area contributed by atoms with Gasteiger partial charge in [-0.1, -0.05) is 41.9 Å². The number of benzene rings is 2. The number of carbonyl (C=O) groups is 1. The number of thiophene rings is 1. The van der Waals surface area contributed by atoms with Gasteiger partial charge in [-0.15, -0.1) is 11.3 Å². The van der Waals surface area contributed by atoms with Crippen molar-refractivity contribution in [3.63, 3.8) is 0 Å². The minimum atomic E-state index is -3.90. The van der Waals surface area contributed by atoms with Crippen molar-refractivity contribution in [2.45, 2.75) is 42.6 Å². The molecule has 200 valence electrons. The van der Waals surface area contributed by atoms with Crippen LogP contribution in [-0.2, 0) is 27.9 Å². The highest BCUT2D eigenvalue weighted by molar-refractivity contribution is 7.94. The fourth-order valence-electron chi connectivity index (χ4n) is 4.66. The lowest BCUT2D eigenvalue weighted by atomic mass is 9.99. The van der Waals surface area contributed by atoms with E-state index in [1.54, 1.807) is 10.7 Å². The quantitative estimate of drug-likeness (QED) is 0.274. The Morgan fingerprint density at radius 2 is 2.00 bits per heavy atom. The van der Waals surface area contributed by atoms with E-state index in [-0.39, 0.29) is 15.9 Å². The zero-order valence-corrected chi connectivity index (χ0v) is 23.3. The Morgan fingerprint density at radius 3 is 2.71 bits per heavy atom. The molecule has 12 heteroatoms. The Hall–Kier alpha value is -3.12. The van der Waals surface area contributed by atoms with Crippen LogP contribution in [0.2, 0.25) is 4.34 Å². The lowest BCUT2D eigenvalue weighted by Gasteiger charge is -2.23. The monoisotopic (exact) mass is 573 g/mol. The van der Waals surface area contributed by atoms with Crippen LogP contribution < -0.4 is 20.1 Å². The number of amides is 1. The molecule has 0 spiro atoms. The topological polar surface area (TPSA) is 114 Å². The van der Waals surface area contributed by atoms with E-state index in [1.807, 2.05) is 43.3 Å². The third-order valence-corrected chi connectivity index (χ3v) is 9.71. The van der Waals surface area contributed by atoms with E-state index in [0.717, 1.165) is 41.9 Å². The summed E-state index contributed by atoms with van der Waals surface area (Å²) in [5, 5.41) is 11.5. The van der Waals surface area contributed by atoms with Crippen LogP contribution in [0.4, 0.5) is 5.82 Å². The van der Waals surface area contributed by atoms with Crippen molar-refractivity contribution in [3.05, 3.63) is 70.1 Å². The number of carbonyl (C=O) groups excluding carboxylic acids is 1. The summed E-state index contributed by atoms with van der Waals surface area (Å²) in [5.41, 5.74) is 2.10. The molecule has 1 aliphatic heterocycles. The largest absolute Gasteiger partial charge is 0.496 e. The molecule has 0 radical (unpaired) electrons. The van der Waals surface area contributed by atoms with E-state index < -0.39 is 15.6 Å². The number of rotatable bonds is 9. The molecule has 38 heavy (non-hydrogen) atoms. The number of fused-ring (bicyclic) bond motifs is 1. The molecule has 3 heterocycles. The number of hydrogen-bond donors (Lipinski definition) is 3. The van der Waals surface area contributed by atoms with Crippen LogP contribution in [-0.4, -0.2) is 43.3 Å². The molecule has 2 aromatic carbocycles. The molecule has 1 saturated heterocycles. The maximum Gasteiger partial charge on any atom is 0.272 e. The predicted octanol–water partition coefficient (Wildman–Crippen LogP) is 4.37. The zero-order valence-electron chi connectivity index (χ0n) is 21.0. The van der Waals surface area contributed by atoms with Gasteiger partial charge >= 0.3 is 0 Å². The van der Waals surface area contributed by atoms with Gasteiger partial charge in [0.05, 0.1) is 34.4 Å². The Labute approximate surface area is 230 Å². The Bertz CT molecular complexity index is 1590. The lowest BCUT2D eigenvalue weighted by molar-refractivity contribution is -0.126. The van der Waals surface area contributed by atoms with Crippen LogP contribution in [0.1, 0.15) is 30.9 Å². The highest BCUT2D eigenvalue weighted by Crippen LogP contribution is 2.35. The van der Waals surface area contributed by atoms with Crippen LogP contribution in [0.3, 0.4) is 0 Å². The second kappa shape index (κ2) is 10.6. The van der Waals surface area contributed by atoms with Gasteiger partial charge in [0.1, 0.15) is 9.96 Å². The summed E-state index contributed by atoms with van der Waals surface area (Å²) in [6.45, 7) is 3.58. The minimum absolute atomic E-state index is 0.00507. The summed E-state index contributed by atoms with van der Waals surface area (Å²) in [4.78, 5) is 12.7. The molecule has 1 fully saturated rings. The van der Waals surface area contributed by atoms with Crippen LogP contribution in [0.25, 0.3) is 10.9 Å². The van der Waals surface area contributed by atoms with Gasteiger partial charge in [-0.3, -0.25) is 14.2 Å². The van der Waals surface area contributed by atoms with Gasteiger partial charge in [-0.05, 0) is 61.7 Å². The first-order valence-electron chi connectivity index (χ1n) is 12.1. The molecule has 1 amide bonds. The molecule has 1 aliphatic rings. The fraction of sp³-hybridized carbons (Fsp3) is 0.308. The van der Waals surface area contributed by atoms with Crippen LogP contribution in [0, 0.1) is 0 Å². The number of sulfonamides is 1. The van der Waals surface area contributed by atoms with E-state index in [0.29, 0.717) is 34.1 Å². The minimum Gasteiger partial charge on any atom is -0.496 e. The number of hydrogen-bond acceptors (Lipinski definition) is 7. The maximum atomic E-state index is 13.0. The number of aromatic nitrogens is 2. The molecule has 9 nitrogen and oxygen atoms in total. The van der Waals surface area contributed by atoms with E-state index in [2.05, 4.69) is 20.5 Å². The Balaban J connectivity index is 1.41. The van der Waals surface area contributed by atoms with Crippen LogP contribution in [0.15, 0.2) is 58.8 Å². The predicted molar refractivity (Wildman–Crippen MR) is 149 cm³/mol. The smallest absolute Gasteiger partial charge is 0.272 e. The van der Waals surface area contributed by atoms with Crippen molar-refractivity contribution in [2.75, 3.05) is 18.4 Å². The van der Waals surface area contributed by atoms with Gasteiger partial charge in [-0.25, -0.2) is 8.42 Å². The number of ether oxygens (including phenoxy) is 1. The van der Waals surface area contributed by atoms with E-state index in [9.17, 15) is 13.2 Å². The third kappa shape index (κ3) is 5.37. The third-order valence-electron chi connectivity index (χ3n) is 6.65. The number of halogens is 1. The normalized spacial score (nSPS) is 17.6. The van der Waals surface area contributed by atoms with Crippen molar-refractivity contribution < 1.29 is 17.9 Å². The highest BCUT2D eigenvalue weighted by Gasteiger charge is 2.35. The fourth-order valence-corrected chi connectivity index (χ4v) is 7.15. The Morgan fingerprint density at radius 1 is 1.21 bits per heavy atom. The molecule has 0 saturated carbocycles. The van der Waals surface area contributed by atoms with E-state index in [1.165, 1.54) is 19.2 Å². The number of anilines is 1. The number of methoxy groups -OCH3 is 1. The van der Waals surface area contributed by atoms with Gasteiger partial charge in [0, 0.05) is 6.54 Å². The average Bonchev–Trinajstić information content (AvgIpc) is 3.63. The van der Waals surface area contributed by atoms with Gasteiger partial charge in [0.2, 0.25) is 5.91 Å². The molecule has 0 aliphatic carbocycles.